The largest absolute Gasteiger partial charge is 0.431 e. The number of halogens is 2. The summed E-state index contributed by atoms with van der Waals surface area (Å²) in [6.45, 7) is 1.66. The van der Waals surface area contributed by atoms with Crippen molar-refractivity contribution in [3.05, 3.63) is 29.6 Å². The van der Waals surface area contributed by atoms with Crippen molar-refractivity contribution < 1.29 is 18.3 Å². The highest BCUT2D eigenvalue weighted by Crippen LogP contribution is 2.58. The highest BCUT2D eigenvalue weighted by atomic mass is 19.3. The Morgan fingerprint density at radius 1 is 1.21 bits per heavy atom. The van der Waals surface area contributed by atoms with Gasteiger partial charge in [0, 0.05) is 43.4 Å². The van der Waals surface area contributed by atoms with Crippen LogP contribution in [-0.4, -0.2) is 58.6 Å². The zero-order valence-electron chi connectivity index (χ0n) is 18.6. The maximum atomic E-state index is 12.8. The van der Waals surface area contributed by atoms with Gasteiger partial charge in [0.05, 0.1) is 24.6 Å². The van der Waals surface area contributed by atoms with Crippen LogP contribution in [0.15, 0.2) is 23.9 Å². The highest BCUT2D eigenvalue weighted by Gasteiger charge is 2.48. The number of nitrogen functional groups attached to an aromatic ring is 1. The minimum absolute atomic E-state index is 0.0519. The molecule has 2 aromatic heterocycles. The smallest absolute Gasteiger partial charge is 0.387 e. The normalized spacial score (nSPS) is 25.4. The number of hydrogen-bond acceptors (Lipinski definition) is 6. The molecule has 3 heterocycles. The predicted octanol–water partition coefficient (Wildman–Crippen LogP) is 3.81. The van der Waals surface area contributed by atoms with E-state index in [9.17, 15) is 8.78 Å². The molecule has 1 saturated heterocycles. The summed E-state index contributed by atoms with van der Waals surface area (Å²) in [4.78, 5) is 6.63. The van der Waals surface area contributed by atoms with Crippen molar-refractivity contribution in [3.8, 4) is 17.0 Å². The molecule has 1 aliphatic heterocycles. The van der Waals surface area contributed by atoms with E-state index in [0.717, 1.165) is 45.0 Å². The standard InChI is InChI=1S/C24H29F2N5O2/c25-24(26)33-21-8-15(12-28-23(21)27)19-11-20(31(29-19)13-14-2-1-3-14)22-17-9-16(10-18(17)22)30-4-6-32-7-5-30/h8,11-12,14,16-17,24H,1-7,9-10,13H2,(H2,27,28)/t16?,17-/m1/s1. The van der Waals surface area contributed by atoms with Gasteiger partial charge < -0.3 is 15.2 Å². The summed E-state index contributed by atoms with van der Waals surface area (Å²) in [5.41, 5.74) is 11.2. The maximum Gasteiger partial charge on any atom is 0.387 e. The molecule has 3 fully saturated rings. The van der Waals surface area contributed by atoms with Crippen molar-refractivity contribution in [1.82, 2.24) is 19.7 Å². The van der Waals surface area contributed by atoms with Crippen molar-refractivity contribution in [3.63, 3.8) is 0 Å². The Morgan fingerprint density at radius 2 is 2.03 bits per heavy atom. The summed E-state index contributed by atoms with van der Waals surface area (Å²) >= 11 is 0. The van der Waals surface area contributed by atoms with Crippen molar-refractivity contribution >= 4 is 11.4 Å². The number of allylic oxidation sites excluding steroid dienone is 1. The quantitative estimate of drug-likeness (QED) is 0.681. The molecule has 0 spiro atoms. The lowest BCUT2D eigenvalue weighted by Gasteiger charge is -2.32. The van der Waals surface area contributed by atoms with Gasteiger partial charge in [-0.2, -0.15) is 13.9 Å². The van der Waals surface area contributed by atoms with Gasteiger partial charge in [0.25, 0.3) is 0 Å². The van der Waals surface area contributed by atoms with E-state index in [4.69, 9.17) is 15.6 Å². The lowest BCUT2D eigenvalue weighted by Crippen LogP contribution is -2.42. The first kappa shape index (κ1) is 21.0. The summed E-state index contributed by atoms with van der Waals surface area (Å²) in [6.07, 6.45) is 7.62. The monoisotopic (exact) mass is 457 g/mol. The van der Waals surface area contributed by atoms with Gasteiger partial charge in [-0.25, -0.2) is 4.98 Å². The zero-order chi connectivity index (χ0) is 22.5. The lowest BCUT2D eigenvalue weighted by molar-refractivity contribution is -0.0494. The first-order valence-electron chi connectivity index (χ1n) is 11.9. The number of nitrogens with zero attached hydrogens (tertiary/aromatic N) is 4. The third-order valence-corrected chi connectivity index (χ3v) is 7.66. The van der Waals surface area contributed by atoms with Crippen molar-refractivity contribution in [1.29, 1.82) is 0 Å². The molecule has 176 valence electrons. The number of rotatable bonds is 7. The first-order valence-corrected chi connectivity index (χ1v) is 11.9. The molecule has 7 nitrogen and oxygen atoms in total. The molecule has 6 rings (SSSR count). The van der Waals surface area contributed by atoms with E-state index in [1.165, 1.54) is 43.0 Å². The highest BCUT2D eigenvalue weighted by molar-refractivity contribution is 5.87. The van der Waals surface area contributed by atoms with Crippen molar-refractivity contribution in [2.45, 2.75) is 51.3 Å². The fraction of sp³-hybridized carbons (Fsp3) is 0.583. The minimum atomic E-state index is -2.95. The summed E-state index contributed by atoms with van der Waals surface area (Å²) in [6, 6.07) is 4.21. The van der Waals surface area contributed by atoms with Crippen LogP contribution in [0.2, 0.25) is 0 Å². The van der Waals surface area contributed by atoms with Crippen LogP contribution in [0, 0.1) is 11.8 Å². The summed E-state index contributed by atoms with van der Waals surface area (Å²) in [5.74, 6) is 1.04. The Labute approximate surface area is 191 Å². The Balaban J connectivity index is 1.28. The van der Waals surface area contributed by atoms with E-state index >= 15 is 0 Å². The Morgan fingerprint density at radius 3 is 2.70 bits per heavy atom. The molecule has 1 unspecified atom stereocenters. The number of hydrogen-bond donors (Lipinski definition) is 1. The fourth-order valence-electron chi connectivity index (χ4n) is 5.63. The van der Waals surface area contributed by atoms with Crippen LogP contribution in [-0.2, 0) is 11.3 Å². The van der Waals surface area contributed by atoms with E-state index < -0.39 is 6.61 Å². The van der Waals surface area contributed by atoms with Crippen LogP contribution in [0.1, 0.15) is 37.8 Å². The number of anilines is 1. The summed E-state index contributed by atoms with van der Waals surface area (Å²) in [5, 5.41) is 4.88. The number of alkyl halides is 2. The second kappa shape index (κ2) is 8.36. The van der Waals surface area contributed by atoms with Gasteiger partial charge in [-0.15, -0.1) is 0 Å². The number of pyridine rings is 1. The van der Waals surface area contributed by atoms with Crippen molar-refractivity contribution in [2.24, 2.45) is 11.8 Å². The lowest BCUT2D eigenvalue weighted by atomic mass is 9.85. The minimum Gasteiger partial charge on any atom is -0.431 e. The zero-order valence-corrected chi connectivity index (χ0v) is 18.6. The van der Waals surface area contributed by atoms with Gasteiger partial charge in [-0.3, -0.25) is 9.58 Å². The Bertz CT molecular complexity index is 1070. The number of aromatic nitrogens is 3. The number of nitrogens with two attached hydrogens (primary N) is 1. The van der Waals surface area contributed by atoms with E-state index in [-0.39, 0.29) is 11.6 Å². The third kappa shape index (κ3) is 4.01. The molecular formula is C24H29F2N5O2. The summed E-state index contributed by atoms with van der Waals surface area (Å²) in [7, 11) is 0. The van der Waals surface area contributed by atoms with E-state index in [0.29, 0.717) is 23.4 Å². The third-order valence-electron chi connectivity index (χ3n) is 7.66. The molecule has 0 bridgehead atoms. The van der Waals surface area contributed by atoms with Crippen LogP contribution in [0.25, 0.3) is 16.8 Å². The SMILES string of the molecule is Nc1ncc(-c2cc(C3=C4CC(N5CCOCC5)C[C@H]43)n(CC3CCC3)n2)cc1OC(F)F. The van der Waals surface area contributed by atoms with Crippen LogP contribution < -0.4 is 10.5 Å². The van der Waals surface area contributed by atoms with E-state index in [1.54, 1.807) is 11.8 Å². The van der Waals surface area contributed by atoms with Crippen LogP contribution in [0.5, 0.6) is 5.75 Å². The molecule has 0 amide bonds. The second-order valence-electron chi connectivity index (χ2n) is 9.61. The Kier molecular flexibility index (Phi) is 5.33. The predicted molar refractivity (Wildman–Crippen MR) is 120 cm³/mol. The molecule has 2 atom stereocenters. The van der Waals surface area contributed by atoms with Gasteiger partial charge in [0.15, 0.2) is 11.6 Å². The molecule has 3 aliphatic carbocycles. The van der Waals surface area contributed by atoms with E-state index in [1.807, 2.05) is 0 Å². The van der Waals surface area contributed by atoms with Crippen LogP contribution in [0.3, 0.4) is 0 Å². The topological polar surface area (TPSA) is 78.4 Å². The van der Waals surface area contributed by atoms with Crippen molar-refractivity contribution in [2.75, 3.05) is 32.0 Å². The maximum absolute atomic E-state index is 12.8. The molecule has 9 heteroatoms. The molecule has 33 heavy (non-hydrogen) atoms. The number of morpholine rings is 1. The molecule has 0 radical (unpaired) electrons. The molecule has 2 aromatic rings. The molecule has 2 saturated carbocycles. The molecule has 2 N–H and O–H groups in total. The molecule has 4 aliphatic rings. The van der Waals surface area contributed by atoms with Gasteiger partial charge >= 0.3 is 6.61 Å². The van der Waals surface area contributed by atoms with Crippen LogP contribution >= 0.6 is 0 Å². The number of fused-ring (bicyclic) bond motifs is 1. The average Bonchev–Trinajstić information content (AvgIpc) is 3.12. The Hall–Kier alpha value is -2.52. The number of ether oxygens (including phenoxy) is 2. The van der Waals surface area contributed by atoms with Gasteiger partial charge in [-0.05, 0) is 49.3 Å². The van der Waals surface area contributed by atoms with Crippen LogP contribution in [0.4, 0.5) is 14.6 Å². The second-order valence-corrected chi connectivity index (χ2v) is 9.61. The van der Waals surface area contributed by atoms with E-state index in [2.05, 4.69) is 25.4 Å². The van der Waals surface area contributed by atoms with Gasteiger partial charge in [0.2, 0.25) is 0 Å². The first-order chi connectivity index (χ1) is 16.1. The van der Waals surface area contributed by atoms with Gasteiger partial charge in [-0.1, -0.05) is 12.0 Å². The van der Waals surface area contributed by atoms with Gasteiger partial charge in [0.1, 0.15) is 0 Å². The summed E-state index contributed by atoms with van der Waals surface area (Å²) < 4.78 is 37.7. The average molecular weight is 458 g/mol. The fourth-order valence-corrected chi connectivity index (χ4v) is 5.63. The molecule has 0 aromatic carbocycles. The molecular weight excluding hydrogens is 428 g/mol.